The van der Waals surface area contributed by atoms with Crippen LogP contribution in [-0.4, -0.2) is 20.1 Å². The first-order chi connectivity index (χ1) is 6.99. The number of sulfone groups is 1. The van der Waals surface area contributed by atoms with Gasteiger partial charge in [0.15, 0.2) is 9.84 Å². The third-order valence-corrected chi connectivity index (χ3v) is 4.14. The van der Waals surface area contributed by atoms with Gasteiger partial charge in [0, 0.05) is 11.4 Å². The fraction of sp³-hybridized carbons (Fsp3) is 0.222. The number of halogens is 1. The summed E-state index contributed by atoms with van der Waals surface area (Å²) in [6, 6.07) is 4.40. The van der Waals surface area contributed by atoms with Crippen molar-refractivity contribution in [2.75, 3.05) is 11.1 Å². The first kappa shape index (κ1) is 10.4. The van der Waals surface area contributed by atoms with E-state index in [9.17, 15) is 13.2 Å². The molecule has 0 saturated heterocycles. The Bertz CT molecular complexity index is 524. The molecule has 1 aromatic rings. The maximum absolute atomic E-state index is 11.7. The number of carbonyl (C=O) groups excluding carboxylic acids is 1. The van der Waals surface area contributed by atoms with E-state index in [0.717, 1.165) is 0 Å². The first-order valence-corrected chi connectivity index (χ1v) is 6.34. The number of rotatable bonds is 0. The van der Waals surface area contributed by atoms with Gasteiger partial charge in [0.05, 0.1) is 16.3 Å². The van der Waals surface area contributed by atoms with E-state index in [1.54, 1.807) is 6.07 Å². The van der Waals surface area contributed by atoms with E-state index in [1.807, 2.05) is 0 Å². The molecular weight excluding hydrogens is 238 g/mol. The molecule has 1 heterocycles. The first-order valence-electron chi connectivity index (χ1n) is 4.31. The molecule has 0 fully saturated rings. The van der Waals surface area contributed by atoms with Gasteiger partial charge < -0.3 is 5.32 Å². The molecule has 15 heavy (non-hydrogen) atoms. The lowest BCUT2D eigenvalue weighted by Crippen LogP contribution is -2.10. The Kier molecular flexibility index (Phi) is 2.44. The fourth-order valence-corrected chi connectivity index (χ4v) is 3.08. The van der Waals surface area contributed by atoms with Crippen LogP contribution < -0.4 is 5.32 Å². The number of carbonyl (C=O) groups is 1. The van der Waals surface area contributed by atoms with Crippen molar-refractivity contribution in [1.82, 2.24) is 0 Å². The summed E-state index contributed by atoms with van der Waals surface area (Å²) < 4.78 is 23.5. The van der Waals surface area contributed by atoms with Crippen LogP contribution in [0.1, 0.15) is 6.42 Å². The zero-order valence-electron chi connectivity index (χ0n) is 7.66. The molecule has 0 unspecified atom stereocenters. The Morgan fingerprint density at radius 2 is 2.07 bits per heavy atom. The lowest BCUT2D eigenvalue weighted by molar-refractivity contribution is -0.115. The Morgan fingerprint density at radius 3 is 2.80 bits per heavy atom. The summed E-state index contributed by atoms with van der Waals surface area (Å²) in [5.74, 6) is -0.466. The molecule has 1 aliphatic heterocycles. The van der Waals surface area contributed by atoms with E-state index < -0.39 is 9.84 Å². The second-order valence-electron chi connectivity index (χ2n) is 3.26. The maximum atomic E-state index is 11.7. The summed E-state index contributed by atoms with van der Waals surface area (Å²) in [6.45, 7) is 0. The van der Waals surface area contributed by atoms with Gasteiger partial charge in [-0.1, -0.05) is 11.6 Å². The highest BCUT2D eigenvalue weighted by molar-refractivity contribution is 7.91. The van der Waals surface area contributed by atoms with E-state index in [4.69, 9.17) is 11.6 Å². The van der Waals surface area contributed by atoms with Crippen LogP contribution in [0.3, 0.4) is 0 Å². The third kappa shape index (κ3) is 1.98. The van der Waals surface area contributed by atoms with Crippen LogP contribution in [0.15, 0.2) is 23.1 Å². The normalized spacial score (nSPS) is 18.9. The van der Waals surface area contributed by atoms with Gasteiger partial charge in [-0.3, -0.25) is 4.79 Å². The molecule has 4 nitrogen and oxygen atoms in total. The molecule has 0 radical (unpaired) electrons. The van der Waals surface area contributed by atoms with Crippen LogP contribution in [0.2, 0.25) is 5.02 Å². The van der Waals surface area contributed by atoms with E-state index >= 15 is 0 Å². The molecule has 1 N–H and O–H groups in total. The molecule has 0 atom stereocenters. The number of anilines is 1. The summed E-state index contributed by atoms with van der Waals surface area (Å²) in [4.78, 5) is 11.3. The zero-order chi connectivity index (χ0) is 11.1. The summed E-state index contributed by atoms with van der Waals surface area (Å²) in [6.07, 6.45) is -0.0192. The SMILES string of the molecule is O=C1CCS(=O)(=O)c2cc(Cl)ccc2N1. The maximum Gasteiger partial charge on any atom is 0.225 e. The Balaban J connectivity index is 2.66. The number of hydrogen-bond donors (Lipinski definition) is 1. The molecule has 0 saturated carbocycles. The van der Waals surface area contributed by atoms with E-state index in [-0.39, 0.29) is 23.0 Å². The van der Waals surface area contributed by atoms with E-state index in [1.165, 1.54) is 12.1 Å². The summed E-state index contributed by atoms with van der Waals surface area (Å²) in [5, 5.41) is 2.87. The fourth-order valence-electron chi connectivity index (χ4n) is 1.41. The lowest BCUT2D eigenvalue weighted by atomic mass is 10.3. The topological polar surface area (TPSA) is 63.2 Å². The highest BCUT2D eigenvalue weighted by Gasteiger charge is 2.25. The number of benzene rings is 1. The molecule has 0 spiro atoms. The predicted octanol–water partition coefficient (Wildman–Crippen LogP) is 1.46. The zero-order valence-corrected chi connectivity index (χ0v) is 9.23. The molecule has 0 bridgehead atoms. The molecule has 1 amide bonds. The second-order valence-corrected chi connectivity index (χ2v) is 5.77. The van der Waals surface area contributed by atoms with Crippen LogP contribution in [-0.2, 0) is 14.6 Å². The molecule has 0 aromatic heterocycles. The highest BCUT2D eigenvalue weighted by atomic mass is 35.5. The van der Waals surface area contributed by atoms with Gasteiger partial charge in [0.25, 0.3) is 0 Å². The molecular formula is C9H8ClNO3S. The number of fused-ring (bicyclic) bond motifs is 1. The van der Waals surface area contributed by atoms with E-state index in [0.29, 0.717) is 10.7 Å². The Labute approximate surface area is 92.2 Å². The van der Waals surface area contributed by atoms with E-state index in [2.05, 4.69) is 5.32 Å². The number of hydrogen-bond acceptors (Lipinski definition) is 3. The monoisotopic (exact) mass is 245 g/mol. The van der Waals surface area contributed by atoms with Crippen molar-refractivity contribution in [1.29, 1.82) is 0 Å². The number of amides is 1. The summed E-state index contributed by atoms with van der Waals surface area (Å²) >= 11 is 5.72. The van der Waals surface area contributed by atoms with Crippen LogP contribution in [0.4, 0.5) is 5.69 Å². The van der Waals surface area contributed by atoms with Crippen molar-refractivity contribution in [3.05, 3.63) is 23.2 Å². The van der Waals surface area contributed by atoms with Crippen molar-refractivity contribution in [3.63, 3.8) is 0 Å². The van der Waals surface area contributed by atoms with Crippen molar-refractivity contribution in [2.24, 2.45) is 0 Å². The second kappa shape index (κ2) is 3.50. The van der Waals surface area contributed by atoms with Gasteiger partial charge >= 0.3 is 0 Å². The van der Waals surface area contributed by atoms with Crippen LogP contribution >= 0.6 is 11.6 Å². The molecule has 80 valence electrons. The minimum Gasteiger partial charge on any atom is -0.325 e. The predicted molar refractivity (Wildman–Crippen MR) is 56.8 cm³/mol. The van der Waals surface area contributed by atoms with Gasteiger partial charge in [0.2, 0.25) is 5.91 Å². The largest absolute Gasteiger partial charge is 0.325 e. The lowest BCUT2D eigenvalue weighted by Gasteiger charge is -2.05. The van der Waals surface area contributed by atoms with Gasteiger partial charge in [-0.25, -0.2) is 8.42 Å². The smallest absolute Gasteiger partial charge is 0.225 e. The Morgan fingerprint density at radius 1 is 1.33 bits per heavy atom. The summed E-state index contributed by atoms with van der Waals surface area (Å²) in [5.41, 5.74) is 0.307. The van der Waals surface area contributed by atoms with Crippen LogP contribution in [0.25, 0.3) is 0 Å². The average Bonchev–Trinajstić information content (AvgIpc) is 2.27. The van der Waals surface area contributed by atoms with Crippen molar-refractivity contribution in [3.8, 4) is 0 Å². The quantitative estimate of drug-likeness (QED) is 0.753. The minimum absolute atomic E-state index is 0.0192. The third-order valence-electron chi connectivity index (χ3n) is 2.15. The van der Waals surface area contributed by atoms with Gasteiger partial charge in [-0.05, 0) is 18.2 Å². The molecule has 1 aromatic carbocycles. The Hall–Kier alpha value is -1.07. The molecule has 1 aliphatic rings. The highest BCUT2D eigenvalue weighted by Crippen LogP contribution is 2.28. The van der Waals surface area contributed by atoms with Crippen LogP contribution in [0, 0.1) is 0 Å². The number of nitrogens with one attached hydrogen (secondary N) is 1. The van der Waals surface area contributed by atoms with Gasteiger partial charge in [-0.15, -0.1) is 0 Å². The van der Waals surface area contributed by atoms with Crippen molar-refractivity contribution >= 4 is 33.0 Å². The van der Waals surface area contributed by atoms with Crippen molar-refractivity contribution in [2.45, 2.75) is 11.3 Å². The standard InChI is InChI=1S/C9H8ClNO3S/c10-6-1-2-7-8(5-6)15(13,14)4-3-9(12)11-7/h1-2,5H,3-4H2,(H,11,12). The minimum atomic E-state index is -3.40. The van der Waals surface area contributed by atoms with Crippen LogP contribution in [0.5, 0.6) is 0 Å². The molecule has 0 aliphatic carbocycles. The van der Waals surface area contributed by atoms with Crippen molar-refractivity contribution < 1.29 is 13.2 Å². The van der Waals surface area contributed by atoms with Gasteiger partial charge in [0.1, 0.15) is 0 Å². The average molecular weight is 246 g/mol. The van der Waals surface area contributed by atoms with Gasteiger partial charge in [-0.2, -0.15) is 0 Å². The summed E-state index contributed by atoms with van der Waals surface area (Å²) in [7, 11) is -3.40. The molecule has 6 heteroatoms. The molecule has 2 rings (SSSR count).